The zero-order valence-corrected chi connectivity index (χ0v) is 15.9. The number of ketones is 1. The van der Waals surface area contributed by atoms with Crippen LogP contribution in [0.1, 0.15) is 17.3 Å². The zero-order valence-electron chi connectivity index (χ0n) is 13.6. The molecule has 0 bridgehead atoms. The number of aromatic nitrogens is 3. The van der Waals surface area contributed by atoms with Gasteiger partial charge in [-0.2, -0.15) is 0 Å². The maximum atomic E-state index is 12.6. The summed E-state index contributed by atoms with van der Waals surface area (Å²) in [6, 6.07) is 14.4. The summed E-state index contributed by atoms with van der Waals surface area (Å²) < 4.78 is 1.84. The minimum absolute atomic E-state index is 0.00482. The highest BCUT2D eigenvalue weighted by Gasteiger charge is 2.21. The molecule has 0 spiro atoms. The summed E-state index contributed by atoms with van der Waals surface area (Å²) in [5.41, 5.74) is 1.39. The minimum Gasteiger partial charge on any atom is -0.305 e. The van der Waals surface area contributed by atoms with Gasteiger partial charge in [0.2, 0.25) is 0 Å². The lowest BCUT2D eigenvalue weighted by Crippen LogP contribution is -2.14. The third-order valence-electron chi connectivity index (χ3n) is 3.71. The van der Waals surface area contributed by atoms with Gasteiger partial charge in [0.1, 0.15) is 0 Å². The SMILES string of the molecule is CC(Sc1nnc(-c2ccccc2Cl)n1C)C(=O)c1cccc(Cl)c1. The molecule has 1 atom stereocenters. The number of carbonyl (C=O) groups is 1. The molecular formula is C18H15Cl2N3OS. The number of rotatable bonds is 5. The van der Waals surface area contributed by atoms with Crippen molar-refractivity contribution in [1.29, 1.82) is 0 Å². The highest BCUT2D eigenvalue weighted by molar-refractivity contribution is 8.00. The second-order valence-electron chi connectivity index (χ2n) is 5.48. The van der Waals surface area contributed by atoms with Crippen LogP contribution in [0, 0.1) is 0 Å². The number of carbonyl (C=O) groups excluding carboxylic acids is 1. The number of nitrogens with zero attached hydrogens (tertiary/aromatic N) is 3. The summed E-state index contributed by atoms with van der Waals surface area (Å²) >= 11 is 13.6. The average Bonchev–Trinajstić information content (AvgIpc) is 2.95. The van der Waals surface area contributed by atoms with Crippen molar-refractivity contribution in [3.8, 4) is 11.4 Å². The molecule has 7 heteroatoms. The average molecular weight is 392 g/mol. The number of hydrogen-bond acceptors (Lipinski definition) is 4. The molecule has 1 unspecified atom stereocenters. The maximum absolute atomic E-state index is 12.6. The van der Waals surface area contributed by atoms with Gasteiger partial charge in [0.15, 0.2) is 16.8 Å². The molecule has 2 aromatic carbocycles. The highest BCUT2D eigenvalue weighted by Crippen LogP contribution is 2.30. The lowest BCUT2D eigenvalue weighted by atomic mass is 10.1. The molecule has 0 fully saturated rings. The number of benzene rings is 2. The topological polar surface area (TPSA) is 47.8 Å². The number of Topliss-reactive ketones (excluding diaryl/α,β-unsaturated/α-hetero) is 1. The molecule has 3 aromatic rings. The molecule has 0 saturated heterocycles. The van der Waals surface area contributed by atoms with Gasteiger partial charge in [0.05, 0.1) is 10.3 Å². The van der Waals surface area contributed by atoms with Gasteiger partial charge in [-0.15, -0.1) is 10.2 Å². The first-order valence-corrected chi connectivity index (χ1v) is 9.21. The van der Waals surface area contributed by atoms with Crippen LogP contribution in [-0.2, 0) is 7.05 Å². The van der Waals surface area contributed by atoms with E-state index in [1.165, 1.54) is 11.8 Å². The predicted octanol–water partition coefficient (Wildman–Crippen LogP) is 5.15. The Balaban J connectivity index is 1.82. The van der Waals surface area contributed by atoms with Crippen molar-refractivity contribution < 1.29 is 4.79 Å². The highest BCUT2D eigenvalue weighted by atomic mass is 35.5. The fraction of sp³-hybridized carbons (Fsp3) is 0.167. The monoisotopic (exact) mass is 391 g/mol. The molecule has 0 aliphatic rings. The summed E-state index contributed by atoms with van der Waals surface area (Å²) in [5, 5.41) is 9.91. The Bertz CT molecular complexity index is 926. The lowest BCUT2D eigenvalue weighted by Gasteiger charge is -2.10. The first kappa shape index (κ1) is 18.0. The fourth-order valence-corrected chi connectivity index (χ4v) is 3.69. The summed E-state index contributed by atoms with van der Waals surface area (Å²) in [5.74, 6) is 0.658. The summed E-state index contributed by atoms with van der Waals surface area (Å²) in [6.07, 6.45) is 0. The van der Waals surface area contributed by atoms with Crippen molar-refractivity contribution in [2.75, 3.05) is 0 Å². The van der Waals surface area contributed by atoms with E-state index in [-0.39, 0.29) is 11.0 Å². The van der Waals surface area contributed by atoms with E-state index >= 15 is 0 Å². The van der Waals surface area contributed by atoms with Gasteiger partial charge in [-0.3, -0.25) is 4.79 Å². The van der Waals surface area contributed by atoms with Crippen molar-refractivity contribution in [1.82, 2.24) is 14.8 Å². The van der Waals surface area contributed by atoms with E-state index in [0.717, 1.165) is 5.56 Å². The van der Waals surface area contributed by atoms with Crippen molar-refractivity contribution in [3.05, 3.63) is 64.1 Å². The Kier molecular flexibility index (Phi) is 5.47. The van der Waals surface area contributed by atoms with E-state index < -0.39 is 0 Å². The van der Waals surface area contributed by atoms with Crippen LogP contribution in [0.2, 0.25) is 10.0 Å². The minimum atomic E-state index is -0.319. The Hall–Kier alpha value is -1.82. The van der Waals surface area contributed by atoms with Crippen LogP contribution >= 0.6 is 35.0 Å². The first-order chi connectivity index (χ1) is 12.0. The van der Waals surface area contributed by atoms with Gasteiger partial charge in [0, 0.05) is 23.2 Å². The molecule has 1 aromatic heterocycles. The summed E-state index contributed by atoms with van der Waals surface area (Å²) in [4.78, 5) is 12.6. The maximum Gasteiger partial charge on any atom is 0.191 e. The van der Waals surface area contributed by atoms with Crippen LogP contribution in [0.5, 0.6) is 0 Å². The van der Waals surface area contributed by atoms with Gasteiger partial charge >= 0.3 is 0 Å². The molecule has 0 N–H and O–H groups in total. The Labute approximate surface area is 160 Å². The van der Waals surface area contributed by atoms with E-state index in [4.69, 9.17) is 23.2 Å². The molecule has 0 amide bonds. The van der Waals surface area contributed by atoms with Crippen LogP contribution in [0.25, 0.3) is 11.4 Å². The van der Waals surface area contributed by atoms with Crippen molar-refractivity contribution in [2.45, 2.75) is 17.3 Å². The normalized spacial score (nSPS) is 12.2. The standard InChI is InChI=1S/C18H15Cl2N3OS/c1-11(16(24)12-6-5-7-13(19)10-12)25-18-22-21-17(23(18)2)14-8-3-4-9-15(14)20/h3-11H,1-2H3. The van der Waals surface area contributed by atoms with E-state index in [9.17, 15) is 4.79 Å². The van der Waals surface area contributed by atoms with Gasteiger partial charge < -0.3 is 4.57 Å². The van der Waals surface area contributed by atoms with E-state index in [0.29, 0.717) is 26.6 Å². The molecular weight excluding hydrogens is 377 g/mol. The molecule has 1 heterocycles. The van der Waals surface area contributed by atoms with Gasteiger partial charge in [-0.25, -0.2) is 0 Å². The molecule has 0 saturated carbocycles. The zero-order chi connectivity index (χ0) is 18.0. The second kappa shape index (κ2) is 7.60. The molecule has 0 aliphatic carbocycles. The van der Waals surface area contributed by atoms with Crippen LogP contribution in [-0.4, -0.2) is 25.8 Å². The smallest absolute Gasteiger partial charge is 0.191 e. The number of hydrogen-bond donors (Lipinski definition) is 0. The summed E-state index contributed by atoms with van der Waals surface area (Å²) in [7, 11) is 1.86. The van der Waals surface area contributed by atoms with Crippen molar-refractivity contribution >= 4 is 40.7 Å². The van der Waals surface area contributed by atoms with Gasteiger partial charge in [-0.05, 0) is 31.2 Å². The lowest BCUT2D eigenvalue weighted by molar-refractivity contribution is 0.0994. The Morgan fingerprint density at radius 2 is 1.88 bits per heavy atom. The Morgan fingerprint density at radius 1 is 1.12 bits per heavy atom. The third kappa shape index (κ3) is 3.89. The van der Waals surface area contributed by atoms with Crippen molar-refractivity contribution in [2.24, 2.45) is 7.05 Å². The number of thioether (sulfide) groups is 1. The van der Waals surface area contributed by atoms with E-state index in [2.05, 4.69) is 10.2 Å². The van der Waals surface area contributed by atoms with E-state index in [1.54, 1.807) is 24.3 Å². The molecule has 0 radical (unpaired) electrons. The largest absolute Gasteiger partial charge is 0.305 e. The summed E-state index contributed by atoms with van der Waals surface area (Å²) in [6.45, 7) is 1.84. The molecule has 128 valence electrons. The van der Waals surface area contributed by atoms with Gasteiger partial charge in [0.25, 0.3) is 0 Å². The van der Waals surface area contributed by atoms with Crippen LogP contribution in [0.15, 0.2) is 53.7 Å². The van der Waals surface area contributed by atoms with Crippen molar-refractivity contribution in [3.63, 3.8) is 0 Å². The quantitative estimate of drug-likeness (QED) is 0.445. The number of halogens is 2. The molecule has 25 heavy (non-hydrogen) atoms. The first-order valence-electron chi connectivity index (χ1n) is 7.58. The van der Waals surface area contributed by atoms with Crippen LogP contribution < -0.4 is 0 Å². The third-order valence-corrected chi connectivity index (χ3v) is 5.41. The molecule has 4 nitrogen and oxygen atoms in total. The van der Waals surface area contributed by atoms with Gasteiger partial charge in [-0.1, -0.05) is 59.2 Å². The fourth-order valence-electron chi connectivity index (χ4n) is 2.38. The van der Waals surface area contributed by atoms with Crippen LogP contribution in [0.4, 0.5) is 0 Å². The van der Waals surface area contributed by atoms with E-state index in [1.807, 2.05) is 42.8 Å². The van der Waals surface area contributed by atoms with Crippen LogP contribution in [0.3, 0.4) is 0 Å². The second-order valence-corrected chi connectivity index (χ2v) is 7.63. The Morgan fingerprint density at radius 3 is 2.60 bits per heavy atom. The molecule has 0 aliphatic heterocycles. The predicted molar refractivity (Wildman–Crippen MR) is 103 cm³/mol. The molecule has 3 rings (SSSR count).